The minimum Gasteiger partial charge on any atom is -0.356 e. The van der Waals surface area contributed by atoms with Crippen LogP contribution in [0.3, 0.4) is 0 Å². The van der Waals surface area contributed by atoms with Gasteiger partial charge < -0.3 is 5.32 Å². The second-order valence-electron chi connectivity index (χ2n) is 6.01. The summed E-state index contributed by atoms with van der Waals surface area (Å²) < 4.78 is 0. The smallest absolute Gasteiger partial charge is 0.207 e. The molecule has 0 heterocycles. The third-order valence-corrected chi connectivity index (χ3v) is 4.25. The van der Waals surface area contributed by atoms with E-state index in [4.69, 9.17) is 0 Å². The standard InChI is InChI=1S/C20H27NO/c22-17-21-20(15-7-13-18-9-3-1-4-10-18)16-8-14-19-11-5-2-6-12-19/h1,3-5,9-12,17,20H,2,6-8,13-16H2,(H,21,22). The average Bonchev–Trinajstić information content (AvgIpc) is 2.57. The van der Waals surface area contributed by atoms with Gasteiger partial charge >= 0.3 is 0 Å². The van der Waals surface area contributed by atoms with Crippen LogP contribution in [0.1, 0.15) is 50.5 Å². The molecule has 1 N–H and O–H groups in total. The molecule has 0 aliphatic heterocycles. The summed E-state index contributed by atoms with van der Waals surface area (Å²) in [6, 6.07) is 10.9. The van der Waals surface area contributed by atoms with E-state index in [0.717, 1.165) is 44.9 Å². The van der Waals surface area contributed by atoms with Crippen LogP contribution in [-0.2, 0) is 11.2 Å². The van der Waals surface area contributed by atoms with Crippen molar-refractivity contribution in [1.29, 1.82) is 0 Å². The molecule has 2 nitrogen and oxygen atoms in total. The number of carbonyl (C=O) groups is 1. The Kier molecular flexibility index (Phi) is 7.51. The number of amides is 1. The first kappa shape index (κ1) is 16.5. The molecule has 1 aromatic rings. The van der Waals surface area contributed by atoms with Crippen molar-refractivity contribution in [2.75, 3.05) is 0 Å². The SMILES string of the molecule is O=CNC(CCCC1=CCCC=C1)CCCc1ccccc1. The minimum atomic E-state index is 0.314. The Labute approximate surface area is 134 Å². The van der Waals surface area contributed by atoms with Crippen molar-refractivity contribution in [2.24, 2.45) is 0 Å². The highest BCUT2D eigenvalue weighted by atomic mass is 16.1. The first-order valence-corrected chi connectivity index (χ1v) is 8.47. The summed E-state index contributed by atoms with van der Waals surface area (Å²) in [5.41, 5.74) is 2.84. The van der Waals surface area contributed by atoms with E-state index in [1.807, 2.05) is 0 Å². The number of hydrogen-bond acceptors (Lipinski definition) is 1. The van der Waals surface area contributed by atoms with E-state index in [1.165, 1.54) is 24.0 Å². The zero-order valence-electron chi connectivity index (χ0n) is 13.3. The van der Waals surface area contributed by atoms with E-state index in [1.54, 1.807) is 0 Å². The van der Waals surface area contributed by atoms with Crippen LogP contribution in [0.5, 0.6) is 0 Å². The lowest BCUT2D eigenvalue weighted by atomic mass is 9.97. The zero-order valence-corrected chi connectivity index (χ0v) is 13.3. The van der Waals surface area contributed by atoms with Crippen LogP contribution in [-0.4, -0.2) is 12.5 Å². The molecule has 118 valence electrons. The second kappa shape index (κ2) is 9.99. The lowest BCUT2D eigenvalue weighted by Gasteiger charge is -2.16. The van der Waals surface area contributed by atoms with Crippen LogP contribution in [0.2, 0.25) is 0 Å². The molecule has 1 aliphatic rings. The van der Waals surface area contributed by atoms with Crippen LogP contribution in [0.15, 0.2) is 54.1 Å². The maximum Gasteiger partial charge on any atom is 0.207 e. The van der Waals surface area contributed by atoms with Gasteiger partial charge in [-0.05, 0) is 56.9 Å². The van der Waals surface area contributed by atoms with Gasteiger partial charge in [0.2, 0.25) is 6.41 Å². The van der Waals surface area contributed by atoms with Crippen LogP contribution >= 0.6 is 0 Å². The number of carbonyl (C=O) groups excluding carboxylic acids is 1. The molecule has 22 heavy (non-hydrogen) atoms. The van der Waals surface area contributed by atoms with Gasteiger partial charge in [-0.2, -0.15) is 0 Å². The summed E-state index contributed by atoms with van der Waals surface area (Å²) in [5.74, 6) is 0. The Hall–Kier alpha value is -1.83. The summed E-state index contributed by atoms with van der Waals surface area (Å²) in [7, 11) is 0. The Morgan fingerprint density at radius 2 is 1.82 bits per heavy atom. The molecule has 2 rings (SSSR count). The van der Waals surface area contributed by atoms with E-state index >= 15 is 0 Å². The third-order valence-electron chi connectivity index (χ3n) is 4.25. The number of allylic oxidation sites excluding steroid dienone is 4. The Balaban J connectivity index is 1.66. The lowest BCUT2D eigenvalue weighted by molar-refractivity contribution is -0.110. The molecule has 2 heteroatoms. The highest BCUT2D eigenvalue weighted by Crippen LogP contribution is 2.18. The van der Waals surface area contributed by atoms with Crippen molar-refractivity contribution in [2.45, 2.75) is 57.4 Å². The van der Waals surface area contributed by atoms with Crippen molar-refractivity contribution in [1.82, 2.24) is 5.32 Å². The van der Waals surface area contributed by atoms with Gasteiger partial charge in [0.25, 0.3) is 0 Å². The lowest BCUT2D eigenvalue weighted by Crippen LogP contribution is -2.27. The van der Waals surface area contributed by atoms with Crippen LogP contribution in [0.4, 0.5) is 0 Å². The molecule has 1 atom stereocenters. The molecule has 0 spiro atoms. The predicted molar refractivity (Wildman–Crippen MR) is 92.7 cm³/mol. The van der Waals surface area contributed by atoms with Gasteiger partial charge in [0.15, 0.2) is 0 Å². The molecule has 1 unspecified atom stereocenters. The Bertz CT molecular complexity index is 490. The maximum atomic E-state index is 10.8. The summed E-state index contributed by atoms with van der Waals surface area (Å²) in [4.78, 5) is 10.8. The quantitative estimate of drug-likeness (QED) is 0.630. The van der Waals surface area contributed by atoms with Gasteiger partial charge in [-0.3, -0.25) is 4.79 Å². The Morgan fingerprint density at radius 3 is 2.50 bits per heavy atom. The molecule has 0 saturated carbocycles. The molecule has 0 fully saturated rings. The summed E-state index contributed by atoms with van der Waals surface area (Å²) in [6.45, 7) is 0. The molecular formula is C20H27NO. The second-order valence-corrected chi connectivity index (χ2v) is 6.01. The summed E-state index contributed by atoms with van der Waals surface area (Å²) in [6.07, 6.45) is 16.7. The maximum absolute atomic E-state index is 10.8. The van der Waals surface area contributed by atoms with Gasteiger partial charge in [0.1, 0.15) is 0 Å². The normalized spacial score (nSPS) is 15.2. The van der Waals surface area contributed by atoms with Crippen LogP contribution in [0.25, 0.3) is 0 Å². The van der Waals surface area contributed by atoms with Crippen molar-refractivity contribution in [3.8, 4) is 0 Å². The van der Waals surface area contributed by atoms with Gasteiger partial charge in [0.05, 0.1) is 0 Å². The van der Waals surface area contributed by atoms with E-state index in [9.17, 15) is 4.79 Å². The largest absolute Gasteiger partial charge is 0.356 e. The number of aryl methyl sites for hydroxylation is 1. The fourth-order valence-electron chi connectivity index (χ4n) is 3.01. The van der Waals surface area contributed by atoms with Gasteiger partial charge in [-0.1, -0.05) is 54.1 Å². The predicted octanol–water partition coefficient (Wildman–Crippen LogP) is 4.57. The fourth-order valence-corrected chi connectivity index (χ4v) is 3.01. The molecule has 1 amide bonds. The highest BCUT2D eigenvalue weighted by molar-refractivity contribution is 5.46. The van der Waals surface area contributed by atoms with E-state index in [0.29, 0.717) is 6.04 Å². The molecular weight excluding hydrogens is 270 g/mol. The van der Waals surface area contributed by atoms with Crippen LogP contribution < -0.4 is 5.32 Å². The third kappa shape index (κ3) is 6.30. The van der Waals surface area contributed by atoms with Crippen molar-refractivity contribution < 1.29 is 4.79 Å². The highest BCUT2D eigenvalue weighted by Gasteiger charge is 2.08. The summed E-state index contributed by atoms with van der Waals surface area (Å²) >= 11 is 0. The molecule has 0 bridgehead atoms. The van der Waals surface area contributed by atoms with Crippen LogP contribution in [0, 0.1) is 0 Å². The van der Waals surface area contributed by atoms with E-state index in [2.05, 4.69) is 53.9 Å². The molecule has 0 radical (unpaired) electrons. The average molecular weight is 297 g/mol. The van der Waals surface area contributed by atoms with E-state index in [-0.39, 0.29) is 0 Å². The van der Waals surface area contributed by atoms with Crippen molar-refractivity contribution >= 4 is 6.41 Å². The molecule has 0 saturated heterocycles. The minimum absolute atomic E-state index is 0.314. The summed E-state index contributed by atoms with van der Waals surface area (Å²) in [5, 5.41) is 2.99. The monoisotopic (exact) mass is 297 g/mol. The van der Waals surface area contributed by atoms with Gasteiger partial charge in [-0.15, -0.1) is 0 Å². The Morgan fingerprint density at radius 1 is 1.05 bits per heavy atom. The zero-order chi connectivity index (χ0) is 15.5. The molecule has 1 aromatic carbocycles. The van der Waals surface area contributed by atoms with Crippen molar-refractivity contribution in [3.63, 3.8) is 0 Å². The topological polar surface area (TPSA) is 29.1 Å². The fraction of sp³-hybridized carbons (Fsp3) is 0.450. The first-order chi connectivity index (χ1) is 10.9. The number of benzene rings is 1. The number of rotatable bonds is 10. The van der Waals surface area contributed by atoms with E-state index < -0.39 is 0 Å². The molecule has 1 aliphatic carbocycles. The van der Waals surface area contributed by atoms with Crippen molar-refractivity contribution in [3.05, 3.63) is 59.7 Å². The number of hydrogen-bond donors (Lipinski definition) is 1. The molecule has 0 aromatic heterocycles. The number of nitrogens with one attached hydrogen (secondary N) is 1. The van der Waals surface area contributed by atoms with Gasteiger partial charge in [-0.25, -0.2) is 0 Å². The first-order valence-electron chi connectivity index (χ1n) is 8.47. The van der Waals surface area contributed by atoms with Gasteiger partial charge in [0, 0.05) is 6.04 Å².